The van der Waals surface area contributed by atoms with Crippen LogP contribution in [0.15, 0.2) is 34.7 Å². The lowest BCUT2D eigenvalue weighted by Crippen LogP contribution is -2.32. The van der Waals surface area contributed by atoms with E-state index in [4.69, 9.17) is 9.15 Å². The van der Waals surface area contributed by atoms with Gasteiger partial charge < -0.3 is 14.5 Å². The number of carbonyl (C=O) groups excluding carboxylic acids is 1. The van der Waals surface area contributed by atoms with Crippen molar-refractivity contribution in [3.8, 4) is 17.1 Å². The number of benzene rings is 1. The lowest BCUT2D eigenvalue weighted by atomic mass is 9.95. The molecular formula is C23H26FN3O5S. The molecule has 0 fully saturated rings. The van der Waals surface area contributed by atoms with Gasteiger partial charge in [-0.15, -0.1) is 0 Å². The fraction of sp³-hybridized carbons (Fsp3) is 0.391. The van der Waals surface area contributed by atoms with Crippen LogP contribution in [0.5, 0.6) is 5.75 Å². The summed E-state index contributed by atoms with van der Waals surface area (Å²) < 4.78 is 51.5. The molecular weight excluding hydrogens is 449 g/mol. The topological polar surface area (TPSA) is 102 Å². The first kappa shape index (κ1) is 23.0. The van der Waals surface area contributed by atoms with Gasteiger partial charge in [0.2, 0.25) is 15.7 Å². The van der Waals surface area contributed by atoms with Gasteiger partial charge in [-0.1, -0.05) is 19.8 Å². The van der Waals surface area contributed by atoms with Crippen LogP contribution in [-0.4, -0.2) is 39.3 Å². The van der Waals surface area contributed by atoms with Gasteiger partial charge in [0.25, 0.3) is 0 Å². The molecule has 1 aliphatic rings. The largest absolute Gasteiger partial charge is 0.434 e. The summed E-state index contributed by atoms with van der Waals surface area (Å²) in [6, 6.07) is 7.36. The highest BCUT2D eigenvalue weighted by atomic mass is 32.2. The molecule has 0 aliphatic carbocycles. The average Bonchev–Trinajstić information content (AvgIpc) is 3.14. The lowest BCUT2D eigenvalue weighted by molar-refractivity contribution is 0.203. The Morgan fingerprint density at radius 2 is 1.97 bits per heavy atom. The standard InChI is InChI=1S/C23H26FN3O5S/c1-14-7-5-4-6-12-27(33(3,29)30)21-17(14)13-18-20(32-23(28)25-2)19(31-22(18)26-21)15-8-10-16(24)11-9-15/h8-11,13-14H,4-7,12H2,1-3H3,(H,25,28). The van der Waals surface area contributed by atoms with Crippen molar-refractivity contribution in [1.29, 1.82) is 0 Å². The van der Waals surface area contributed by atoms with Crippen molar-refractivity contribution in [1.82, 2.24) is 10.3 Å². The van der Waals surface area contributed by atoms with E-state index in [9.17, 15) is 17.6 Å². The van der Waals surface area contributed by atoms with Crippen LogP contribution in [0.2, 0.25) is 0 Å². The van der Waals surface area contributed by atoms with Crippen molar-refractivity contribution in [3.63, 3.8) is 0 Å². The molecule has 0 radical (unpaired) electrons. The Morgan fingerprint density at radius 3 is 2.64 bits per heavy atom. The molecule has 1 unspecified atom stereocenters. The van der Waals surface area contributed by atoms with Crippen molar-refractivity contribution in [2.75, 3.05) is 24.2 Å². The van der Waals surface area contributed by atoms with Crippen molar-refractivity contribution in [2.45, 2.75) is 38.5 Å². The summed E-state index contributed by atoms with van der Waals surface area (Å²) >= 11 is 0. The highest BCUT2D eigenvalue weighted by Gasteiger charge is 2.29. The summed E-state index contributed by atoms with van der Waals surface area (Å²) in [5.74, 6) is 0.277. The lowest BCUT2D eigenvalue weighted by Gasteiger charge is -2.24. The molecule has 0 saturated carbocycles. The Bertz CT molecular complexity index is 1290. The molecule has 8 nitrogen and oxygen atoms in total. The molecule has 1 atom stereocenters. The summed E-state index contributed by atoms with van der Waals surface area (Å²) in [6.07, 6.45) is 3.94. The number of anilines is 1. The van der Waals surface area contributed by atoms with E-state index in [-0.39, 0.29) is 23.1 Å². The van der Waals surface area contributed by atoms with Crippen LogP contribution < -0.4 is 14.4 Å². The van der Waals surface area contributed by atoms with Crippen molar-refractivity contribution < 1.29 is 26.8 Å². The van der Waals surface area contributed by atoms with Gasteiger partial charge in [-0.3, -0.25) is 4.31 Å². The molecule has 3 heterocycles. The molecule has 4 rings (SSSR count). The quantitative estimate of drug-likeness (QED) is 0.584. The second kappa shape index (κ2) is 9.01. The number of furan rings is 1. The molecule has 1 amide bonds. The van der Waals surface area contributed by atoms with Crippen LogP contribution >= 0.6 is 0 Å². The zero-order chi connectivity index (χ0) is 23.8. The maximum atomic E-state index is 13.5. The van der Waals surface area contributed by atoms with Crippen LogP contribution in [0, 0.1) is 5.82 Å². The number of amides is 1. The van der Waals surface area contributed by atoms with Gasteiger partial charge in [0, 0.05) is 19.2 Å². The maximum absolute atomic E-state index is 13.5. The van der Waals surface area contributed by atoms with Gasteiger partial charge in [0.1, 0.15) is 11.6 Å². The molecule has 10 heteroatoms. The van der Waals surface area contributed by atoms with Crippen LogP contribution in [0.3, 0.4) is 0 Å². The number of halogens is 1. The number of sulfonamides is 1. The van der Waals surface area contributed by atoms with E-state index in [1.807, 2.05) is 6.92 Å². The van der Waals surface area contributed by atoms with Crippen LogP contribution in [0.25, 0.3) is 22.4 Å². The summed E-state index contributed by atoms with van der Waals surface area (Å²) in [5, 5.41) is 2.85. The van der Waals surface area contributed by atoms with Crippen molar-refractivity contribution in [2.24, 2.45) is 0 Å². The number of nitrogens with one attached hydrogen (secondary N) is 1. The van der Waals surface area contributed by atoms with Crippen molar-refractivity contribution in [3.05, 3.63) is 41.7 Å². The predicted octanol–water partition coefficient (Wildman–Crippen LogP) is 4.80. The van der Waals surface area contributed by atoms with Gasteiger partial charge in [-0.2, -0.15) is 4.98 Å². The highest BCUT2D eigenvalue weighted by molar-refractivity contribution is 7.92. The molecule has 0 spiro atoms. The number of aromatic nitrogens is 1. The zero-order valence-electron chi connectivity index (χ0n) is 18.7. The molecule has 0 saturated heterocycles. The fourth-order valence-corrected chi connectivity index (χ4v) is 5.00. The number of hydrogen-bond acceptors (Lipinski definition) is 6. The van der Waals surface area contributed by atoms with E-state index < -0.39 is 21.9 Å². The third-order valence-corrected chi connectivity index (χ3v) is 6.97. The maximum Gasteiger partial charge on any atom is 0.412 e. The number of nitrogens with zero attached hydrogens (tertiary/aromatic N) is 2. The molecule has 1 aliphatic heterocycles. The highest BCUT2D eigenvalue weighted by Crippen LogP contribution is 2.43. The van der Waals surface area contributed by atoms with Crippen molar-refractivity contribution >= 4 is 33.0 Å². The van der Waals surface area contributed by atoms with E-state index in [1.165, 1.54) is 35.6 Å². The molecule has 1 aromatic carbocycles. The second-order valence-corrected chi connectivity index (χ2v) is 10.2. The van der Waals surface area contributed by atoms with Crippen LogP contribution in [-0.2, 0) is 10.0 Å². The monoisotopic (exact) mass is 475 g/mol. The Morgan fingerprint density at radius 1 is 1.24 bits per heavy atom. The van der Waals surface area contributed by atoms with Gasteiger partial charge in [0.05, 0.1) is 11.6 Å². The normalized spacial score (nSPS) is 17.1. The first-order valence-electron chi connectivity index (χ1n) is 10.8. The minimum Gasteiger partial charge on any atom is -0.434 e. The van der Waals surface area contributed by atoms with Gasteiger partial charge in [0.15, 0.2) is 11.5 Å². The molecule has 0 bridgehead atoms. The minimum absolute atomic E-state index is 0.0243. The van der Waals surface area contributed by atoms with Crippen LogP contribution in [0.4, 0.5) is 15.0 Å². The third kappa shape index (κ3) is 4.66. The first-order valence-corrected chi connectivity index (χ1v) is 12.6. The first-order chi connectivity index (χ1) is 15.7. The number of fused-ring (bicyclic) bond motifs is 2. The van der Waals surface area contributed by atoms with Gasteiger partial charge in [-0.25, -0.2) is 17.6 Å². The number of carbonyl (C=O) groups is 1. The Hall–Kier alpha value is -3.14. The number of pyridine rings is 1. The Balaban J connectivity index is 1.99. The van der Waals surface area contributed by atoms with Crippen LogP contribution in [0.1, 0.15) is 44.1 Å². The Kier molecular flexibility index (Phi) is 6.29. The van der Waals surface area contributed by atoms with E-state index in [2.05, 4.69) is 10.3 Å². The van der Waals surface area contributed by atoms with Gasteiger partial charge in [-0.05, 0) is 54.7 Å². The SMILES string of the molecule is CNC(=O)Oc1c(-c2ccc(F)cc2)oc2nc3c(cc12)C(C)CCCCCN3S(C)(=O)=O. The van der Waals surface area contributed by atoms with E-state index in [1.54, 1.807) is 6.07 Å². The number of hydrogen-bond donors (Lipinski definition) is 1. The molecule has 3 aromatic rings. The fourth-order valence-electron chi connectivity index (χ4n) is 4.07. The summed E-state index contributed by atoms with van der Waals surface area (Å²) in [4.78, 5) is 16.7. The Labute approximate surface area is 191 Å². The molecule has 2 aromatic heterocycles. The average molecular weight is 476 g/mol. The van der Waals surface area contributed by atoms with E-state index in [0.29, 0.717) is 23.3 Å². The zero-order valence-corrected chi connectivity index (χ0v) is 19.5. The molecule has 33 heavy (non-hydrogen) atoms. The predicted molar refractivity (Wildman–Crippen MR) is 124 cm³/mol. The third-order valence-electron chi connectivity index (χ3n) is 5.82. The number of ether oxygens (including phenoxy) is 1. The number of rotatable bonds is 3. The van der Waals surface area contributed by atoms with E-state index >= 15 is 0 Å². The smallest absolute Gasteiger partial charge is 0.412 e. The molecule has 176 valence electrons. The summed E-state index contributed by atoms with van der Waals surface area (Å²) in [6.45, 7) is 2.35. The summed E-state index contributed by atoms with van der Waals surface area (Å²) in [7, 11) is -2.14. The molecule has 1 N–H and O–H groups in total. The second-order valence-electron chi connectivity index (χ2n) is 8.25. The summed E-state index contributed by atoms with van der Waals surface area (Å²) in [5.41, 5.74) is 1.36. The minimum atomic E-state index is -3.58. The van der Waals surface area contributed by atoms with E-state index in [0.717, 1.165) is 37.5 Å². The van der Waals surface area contributed by atoms with Gasteiger partial charge >= 0.3 is 6.09 Å².